The van der Waals surface area contributed by atoms with Crippen LogP contribution in [0.25, 0.3) is 0 Å². The molecule has 9 heteroatoms. The highest BCUT2D eigenvalue weighted by Crippen LogP contribution is 2.24. The zero-order valence-electron chi connectivity index (χ0n) is 14.8. The number of aryl methyl sites for hydroxylation is 1. The van der Waals surface area contributed by atoms with Crippen LogP contribution in [0, 0.1) is 6.92 Å². The molecule has 1 atom stereocenters. The first-order valence-electron chi connectivity index (χ1n) is 7.71. The fourth-order valence-corrected chi connectivity index (χ4v) is 3.07. The first-order valence-corrected chi connectivity index (χ1v) is 9.15. The quantitative estimate of drug-likeness (QED) is 0.794. The first-order chi connectivity index (χ1) is 12.0. The summed E-state index contributed by atoms with van der Waals surface area (Å²) in [6.45, 7) is 3.04. The number of nitrogens with one attached hydrogen (secondary N) is 1. The Balaban J connectivity index is 2.28. The summed E-state index contributed by atoms with van der Waals surface area (Å²) in [6.07, 6.45) is 0. The maximum atomic E-state index is 12.5. The Morgan fingerprint density at radius 3 is 2.46 bits per heavy atom. The number of benzene rings is 1. The highest BCUT2D eigenvalue weighted by atomic mass is 32.2. The van der Waals surface area contributed by atoms with Crippen LogP contribution in [0.5, 0.6) is 0 Å². The van der Waals surface area contributed by atoms with Crippen LogP contribution in [-0.2, 0) is 14.8 Å². The van der Waals surface area contributed by atoms with E-state index in [9.17, 15) is 18.0 Å². The third-order valence-corrected chi connectivity index (χ3v) is 5.56. The third kappa shape index (κ3) is 3.94. The molecule has 0 aliphatic heterocycles. The number of furan rings is 1. The van der Waals surface area contributed by atoms with Crippen LogP contribution in [0.3, 0.4) is 0 Å². The summed E-state index contributed by atoms with van der Waals surface area (Å²) in [5, 5.41) is 11.4. The molecule has 8 nitrogen and oxygen atoms in total. The number of rotatable bonds is 6. The summed E-state index contributed by atoms with van der Waals surface area (Å²) in [5.41, 5.74) is 1.02. The number of nitrogens with zero attached hydrogens (tertiary/aromatic N) is 1. The van der Waals surface area contributed by atoms with E-state index in [0.29, 0.717) is 11.3 Å². The number of amides is 1. The summed E-state index contributed by atoms with van der Waals surface area (Å²) in [4.78, 5) is 23.6. The molecule has 0 saturated carbocycles. The van der Waals surface area contributed by atoms with Gasteiger partial charge in [0.1, 0.15) is 5.76 Å². The minimum atomic E-state index is -3.79. The molecule has 0 bridgehead atoms. The highest BCUT2D eigenvalue weighted by Gasteiger charge is 2.26. The number of carbonyl (C=O) groups excluding carboxylic acids is 1. The number of hydrogen-bond donors (Lipinski definition) is 2. The van der Waals surface area contributed by atoms with Gasteiger partial charge in [-0.25, -0.2) is 12.7 Å². The number of aliphatic carboxylic acids is 1. The number of anilines is 1. The van der Waals surface area contributed by atoms with Gasteiger partial charge in [-0.05, 0) is 31.5 Å². The van der Waals surface area contributed by atoms with Crippen LogP contribution in [0.1, 0.15) is 34.5 Å². The van der Waals surface area contributed by atoms with Crippen molar-refractivity contribution in [2.24, 2.45) is 0 Å². The van der Waals surface area contributed by atoms with Gasteiger partial charge in [-0.2, -0.15) is 0 Å². The zero-order valence-corrected chi connectivity index (χ0v) is 15.6. The molecule has 1 aromatic carbocycles. The fourth-order valence-electron chi connectivity index (χ4n) is 2.21. The van der Waals surface area contributed by atoms with Gasteiger partial charge in [0.15, 0.2) is 0 Å². The van der Waals surface area contributed by atoms with Crippen LogP contribution in [-0.4, -0.2) is 43.8 Å². The lowest BCUT2D eigenvalue weighted by Gasteiger charge is -2.10. The van der Waals surface area contributed by atoms with E-state index in [1.54, 1.807) is 31.2 Å². The molecule has 1 aromatic heterocycles. The van der Waals surface area contributed by atoms with E-state index in [4.69, 9.17) is 9.52 Å². The van der Waals surface area contributed by atoms with Gasteiger partial charge in [-0.15, -0.1) is 0 Å². The summed E-state index contributed by atoms with van der Waals surface area (Å²) < 4.78 is 30.4. The minimum Gasteiger partial charge on any atom is -0.481 e. The van der Waals surface area contributed by atoms with Crippen LogP contribution in [0.15, 0.2) is 39.8 Å². The van der Waals surface area contributed by atoms with Crippen molar-refractivity contribution in [2.75, 3.05) is 19.4 Å². The summed E-state index contributed by atoms with van der Waals surface area (Å²) in [6, 6.07) is 7.63. The molecule has 1 amide bonds. The average molecular weight is 380 g/mol. The van der Waals surface area contributed by atoms with Gasteiger partial charge in [0, 0.05) is 25.8 Å². The molecule has 0 radical (unpaired) electrons. The molecule has 0 saturated heterocycles. The van der Waals surface area contributed by atoms with Gasteiger partial charge >= 0.3 is 5.97 Å². The molecule has 0 aliphatic rings. The lowest BCUT2D eigenvalue weighted by molar-refractivity contribution is -0.138. The molecule has 0 aliphatic carbocycles. The van der Waals surface area contributed by atoms with E-state index in [1.807, 2.05) is 0 Å². The van der Waals surface area contributed by atoms with Crippen molar-refractivity contribution in [1.29, 1.82) is 0 Å². The van der Waals surface area contributed by atoms with Crippen molar-refractivity contribution >= 4 is 27.6 Å². The van der Waals surface area contributed by atoms with Crippen LogP contribution >= 0.6 is 0 Å². The molecule has 0 spiro atoms. The number of carboxylic acids is 1. The Morgan fingerprint density at radius 2 is 1.88 bits per heavy atom. The second-order valence-corrected chi connectivity index (χ2v) is 8.05. The zero-order chi connectivity index (χ0) is 19.6. The monoisotopic (exact) mass is 380 g/mol. The third-order valence-electron chi connectivity index (χ3n) is 3.89. The molecule has 140 valence electrons. The summed E-state index contributed by atoms with van der Waals surface area (Å²) in [7, 11) is -1.06. The summed E-state index contributed by atoms with van der Waals surface area (Å²) >= 11 is 0. The van der Waals surface area contributed by atoms with E-state index < -0.39 is 27.8 Å². The molecule has 1 heterocycles. The van der Waals surface area contributed by atoms with E-state index in [-0.39, 0.29) is 16.4 Å². The number of hydrogen-bond acceptors (Lipinski definition) is 5. The fraction of sp³-hybridized carbons (Fsp3) is 0.294. The average Bonchev–Trinajstić information content (AvgIpc) is 2.96. The second-order valence-electron chi connectivity index (χ2n) is 5.96. The van der Waals surface area contributed by atoms with Crippen molar-refractivity contribution in [3.63, 3.8) is 0 Å². The van der Waals surface area contributed by atoms with E-state index in [0.717, 1.165) is 4.31 Å². The smallest absolute Gasteiger partial charge is 0.310 e. The standard InChI is InChI=1S/C17H20N2O6S/c1-10(17(21)22)12-6-5-7-13(8-12)18-16(20)14-9-15(25-11(14)2)26(23,24)19(3)4/h5-10H,1-4H3,(H,18,20)(H,21,22). The molecule has 2 rings (SSSR count). The maximum absolute atomic E-state index is 12.5. The largest absolute Gasteiger partial charge is 0.481 e. The van der Waals surface area contributed by atoms with Gasteiger partial charge in [0.2, 0.25) is 5.09 Å². The Hall–Kier alpha value is -2.65. The molecular weight excluding hydrogens is 360 g/mol. The van der Waals surface area contributed by atoms with Crippen molar-refractivity contribution in [1.82, 2.24) is 4.31 Å². The van der Waals surface area contributed by atoms with Crippen LogP contribution < -0.4 is 5.32 Å². The Morgan fingerprint density at radius 1 is 1.23 bits per heavy atom. The molecule has 2 N–H and O–H groups in total. The van der Waals surface area contributed by atoms with Gasteiger partial charge in [0.25, 0.3) is 15.9 Å². The lowest BCUT2D eigenvalue weighted by Crippen LogP contribution is -2.21. The first kappa shape index (κ1) is 19.7. The highest BCUT2D eigenvalue weighted by molar-refractivity contribution is 7.88. The van der Waals surface area contributed by atoms with Crippen molar-refractivity contribution in [3.8, 4) is 0 Å². The topological polar surface area (TPSA) is 117 Å². The van der Waals surface area contributed by atoms with Crippen LogP contribution in [0.2, 0.25) is 0 Å². The van der Waals surface area contributed by atoms with Crippen molar-refractivity contribution < 1.29 is 27.5 Å². The number of carboxylic acid groups (broad SMARTS) is 1. The Bertz CT molecular complexity index is 946. The lowest BCUT2D eigenvalue weighted by atomic mass is 10.0. The minimum absolute atomic E-state index is 0.0853. The maximum Gasteiger partial charge on any atom is 0.310 e. The van der Waals surface area contributed by atoms with Gasteiger partial charge in [-0.1, -0.05) is 12.1 Å². The summed E-state index contributed by atoms with van der Waals surface area (Å²) in [5.74, 6) is -2.08. The van der Waals surface area contributed by atoms with Crippen molar-refractivity contribution in [3.05, 3.63) is 47.2 Å². The second kappa shape index (κ2) is 7.30. The van der Waals surface area contributed by atoms with Crippen LogP contribution in [0.4, 0.5) is 5.69 Å². The Kier molecular flexibility index (Phi) is 5.53. The van der Waals surface area contributed by atoms with Gasteiger partial charge in [0.05, 0.1) is 11.5 Å². The Labute approximate surface area is 151 Å². The van der Waals surface area contributed by atoms with Gasteiger partial charge < -0.3 is 14.8 Å². The number of carbonyl (C=O) groups is 2. The van der Waals surface area contributed by atoms with Gasteiger partial charge in [-0.3, -0.25) is 9.59 Å². The molecule has 0 fully saturated rings. The normalized spacial score (nSPS) is 12.8. The number of sulfonamides is 1. The SMILES string of the molecule is Cc1oc(S(=O)(=O)N(C)C)cc1C(=O)Nc1cccc(C(C)C(=O)O)c1. The van der Waals surface area contributed by atoms with E-state index >= 15 is 0 Å². The molecule has 1 unspecified atom stereocenters. The molecular formula is C17H20N2O6S. The molecule has 2 aromatic rings. The molecule has 26 heavy (non-hydrogen) atoms. The van der Waals surface area contributed by atoms with E-state index in [1.165, 1.54) is 27.1 Å². The van der Waals surface area contributed by atoms with E-state index in [2.05, 4.69) is 5.32 Å². The van der Waals surface area contributed by atoms with Crippen molar-refractivity contribution in [2.45, 2.75) is 24.9 Å². The predicted molar refractivity (Wildman–Crippen MR) is 94.8 cm³/mol. The predicted octanol–water partition coefficient (Wildman–Crippen LogP) is 2.28.